The van der Waals surface area contributed by atoms with Crippen molar-refractivity contribution in [2.75, 3.05) is 20.2 Å². The first-order valence-electron chi connectivity index (χ1n) is 9.03. The van der Waals surface area contributed by atoms with Crippen LogP contribution in [0.2, 0.25) is 0 Å². The maximum absolute atomic E-state index is 12.5. The maximum Gasteiger partial charge on any atom is 0.274 e. The van der Waals surface area contributed by atoms with Crippen LogP contribution in [0.5, 0.6) is 5.75 Å². The number of rotatable bonds is 5. The third-order valence-electron chi connectivity index (χ3n) is 5.08. The largest absolute Gasteiger partial charge is 0.497 e. The van der Waals surface area contributed by atoms with Gasteiger partial charge in [0.15, 0.2) is 0 Å². The SMILES string of the molecule is COc1ccc(CCC2CCN(C(=O)c3ccc(=O)n(C)n3)CC2)cc1. The number of carbonyl (C=O) groups excluding carboxylic acids is 1. The van der Waals surface area contributed by atoms with Crippen LogP contribution in [0.25, 0.3) is 0 Å². The van der Waals surface area contributed by atoms with Crippen molar-refractivity contribution in [3.63, 3.8) is 0 Å². The van der Waals surface area contributed by atoms with Crippen LogP contribution in [0.15, 0.2) is 41.2 Å². The highest BCUT2D eigenvalue weighted by atomic mass is 16.5. The summed E-state index contributed by atoms with van der Waals surface area (Å²) in [5.74, 6) is 1.43. The van der Waals surface area contributed by atoms with Gasteiger partial charge in [0.05, 0.1) is 7.11 Å². The van der Waals surface area contributed by atoms with Crippen LogP contribution in [0.4, 0.5) is 0 Å². The molecule has 3 rings (SSSR count). The van der Waals surface area contributed by atoms with E-state index in [-0.39, 0.29) is 11.5 Å². The minimum Gasteiger partial charge on any atom is -0.497 e. The van der Waals surface area contributed by atoms with Gasteiger partial charge in [0.1, 0.15) is 11.4 Å². The standard InChI is InChI=1S/C20H25N3O3/c1-22-19(24)10-9-18(21-22)20(25)23-13-11-16(12-14-23)4-3-15-5-7-17(26-2)8-6-15/h5-10,16H,3-4,11-14H2,1-2H3. The normalized spacial score (nSPS) is 15.1. The molecule has 6 nitrogen and oxygen atoms in total. The topological polar surface area (TPSA) is 64.4 Å². The summed E-state index contributed by atoms with van der Waals surface area (Å²) in [5.41, 5.74) is 1.45. The van der Waals surface area contributed by atoms with E-state index in [1.54, 1.807) is 14.2 Å². The molecule has 0 aliphatic carbocycles. The Labute approximate surface area is 153 Å². The third kappa shape index (κ3) is 4.31. The summed E-state index contributed by atoms with van der Waals surface area (Å²) in [6.45, 7) is 1.49. The van der Waals surface area contributed by atoms with Crippen LogP contribution < -0.4 is 10.3 Å². The molecule has 0 saturated carbocycles. The molecule has 138 valence electrons. The molecular weight excluding hydrogens is 330 g/mol. The second-order valence-electron chi connectivity index (χ2n) is 6.80. The van der Waals surface area contributed by atoms with Crippen LogP contribution in [-0.2, 0) is 13.5 Å². The average molecular weight is 355 g/mol. The van der Waals surface area contributed by atoms with Gasteiger partial charge in [-0.15, -0.1) is 0 Å². The number of hydrogen-bond acceptors (Lipinski definition) is 4. The molecule has 1 amide bonds. The van der Waals surface area contributed by atoms with Crippen LogP contribution in [-0.4, -0.2) is 40.8 Å². The fourth-order valence-electron chi connectivity index (χ4n) is 3.37. The van der Waals surface area contributed by atoms with Crippen LogP contribution >= 0.6 is 0 Å². The third-order valence-corrected chi connectivity index (χ3v) is 5.08. The van der Waals surface area contributed by atoms with Crippen molar-refractivity contribution in [2.45, 2.75) is 25.7 Å². The number of piperidine rings is 1. The molecule has 2 aromatic rings. The highest BCUT2D eigenvalue weighted by Crippen LogP contribution is 2.24. The van der Waals surface area contributed by atoms with Gasteiger partial charge in [-0.1, -0.05) is 12.1 Å². The predicted octanol–water partition coefficient (Wildman–Crippen LogP) is 2.27. The zero-order valence-electron chi connectivity index (χ0n) is 15.4. The van der Waals surface area contributed by atoms with Gasteiger partial charge in [-0.25, -0.2) is 4.68 Å². The van der Waals surface area contributed by atoms with Crippen molar-refractivity contribution in [1.29, 1.82) is 0 Å². The van der Waals surface area contributed by atoms with Crippen molar-refractivity contribution >= 4 is 5.91 Å². The second-order valence-corrected chi connectivity index (χ2v) is 6.80. The summed E-state index contributed by atoms with van der Waals surface area (Å²) in [4.78, 5) is 25.8. The van der Waals surface area contributed by atoms with Gasteiger partial charge in [0.25, 0.3) is 11.5 Å². The van der Waals surface area contributed by atoms with E-state index in [0.717, 1.165) is 44.5 Å². The smallest absolute Gasteiger partial charge is 0.274 e. The average Bonchev–Trinajstić information content (AvgIpc) is 2.69. The molecule has 1 aromatic carbocycles. The number of nitrogens with zero attached hydrogens (tertiary/aromatic N) is 3. The number of aryl methyl sites for hydroxylation is 2. The molecule has 2 heterocycles. The van der Waals surface area contributed by atoms with E-state index in [9.17, 15) is 9.59 Å². The summed E-state index contributed by atoms with van der Waals surface area (Å²) >= 11 is 0. The van der Waals surface area contributed by atoms with Gasteiger partial charge >= 0.3 is 0 Å². The molecule has 0 atom stereocenters. The lowest BCUT2D eigenvalue weighted by Gasteiger charge is -2.31. The minimum atomic E-state index is -0.209. The molecule has 0 unspecified atom stereocenters. The Hall–Kier alpha value is -2.63. The number of hydrogen-bond donors (Lipinski definition) is 0. The number of likely N-dealkylation sites (tertiary alicyclic amines) is 1. The molecular formula is C20H25N3O3. The fourth-order valence-corrected chi connectivity index (χ4v) is 3.37. The number of amides is 1. The highest BCUT2D eigenvalue weighted by Gasteiger charge is 2.24. The lowest BCUT2D eigenvalue weighted by Crippen LogP contribution is -2.39. The number of carbonyl (C=O) groups is 1. The first kappa shape index (κ1) is 18.2. The van der Waals surface area contributed by atoms with Gasteiger partial charge < -0.3 is 9.64 Å². The van der Waals surface area contributed by atoms with Gasteiger partial charge in [0.2, 0.25) is 0 Å². The quantitative estimate of drug-likeness (QED) is 0.825. The number of benzene rings is 1. The van der Waals surface area contributed by atoms with Gasteiger partial charge in [-0.3, -0.25) is 9.59 Å². The van der Waals surface area contributed by atoms with Crippen molar-refractivity contribution in [3.8, 4) is 5.75 Å². The Kier molecular flexibility index (Phi) is 5.71. The molecule has 1 aromatic heterocycles. The van der Waals surface area contributed by atoms with E-state index in [1.165, 1.54) is 22.4 Å². The molecule has 26 heavy (non-hydrogen) atoms. The molecule has 1 fully saturated rings. The molecule has 0 N–H and O–H groups in total. The van der Waals surface area contributed by atoms with Crippen LogP contribution in [0, 0.1) is 5.92 Å². The molecule has 0 radical (unpaired) electrons. The van der Waals surface area contributed by atoms with E-state index < -0.39 is 0 Å². The van der Waals surface area contributed by atoms with Crippen molar-refractivity contribution < 1.29 is 9.53 Å². The maximum atomic E-state index is 12.5. The molecule has 1 saturated heterocycles. The summed E-state index contributed by atoms with van der Waals surface area (Å²) in [6, 6.07) is 11.1. The number of methoxy groups -OCH3 is 1. The Morgan fingerprint density at radius 3 is 2.46 bits per heavy atom. The summed E-state index contributed by atoms with van der Waals surface area (Å²) in [7, 11) is 3.24. The summed E-state index contributed by atoms with van der Waals surface area (Å²) in [6.07, 6.45) is 4.19. The number of ether oxygens (including phenoxy) is 1. The molecule has 1 aliphatic heterocycles. The summed E-state index contributed by atoms with van der Waals surface area (Å²) in [5, 5.41) is 4.06. The lowest BCUT2D eigenvalue weighted by atomic mass is 9.90. The molecule has 1 aliphatic rings. The predicted molar refractivity (Wildman–Crippen MR) is 99.4 cm³/mol. The van der Waals surface area contributed by atoms with Gasteiger partial charge in [-0.2, -0.15) is 5.10 Å². The molecule has 6 heteroatoms. The zero-order chi connectivity index (χ0) is 18.5. The van der Waals surface area contributed by atoms with E-state index in [1.807, 2.05) is 17.0 Å². The molecule has 0 bridgehead atoms. The lowest BCUT2D eigenvalue weighted by molar-refractivity contribution is 0.0678. The highest BCUT2D eigenvalue weighted by molar-refractivity contribution is 5.92. The van der Waals surface area contributed by atoms with E-state index in [4.69, 9.17) is 4.74 Å². The molecule has 0 spiro atoms. The van der Waals surface area contributed by atoms with Crippen LogP contribution in [0.3, 0.4) is 0 Å². The van der Waals surface area contributed by atoms with Crippen molar-refractivity contribution in [2.24, 2.45) is 13.0 Å². The summed E-state index contributed by atoms with van der Waals surface area (Å²) < 4.78 is 6.39. The van der Waals surface area contributed by atoms with E-state index in [0.29, 0.717) is 11.6 Å². The first-order chi connectivity index (χ1) is 12.6. The van der Waals surface area contributed by atoms with Crippen molar-refractivity contribution in [1.82, 2.24) is 14.7 Å². The Balaban J connectivity index is 1.49. The van der Waals surface area contributed by atoms with Crippen LogP contribution in [0.1, 0.15) is 35.3 Å². The first-order valence-corrected chi connectivity index (χ1v) is 9.03. The van der Waals surface area contributed by atoms with E-state index in [2.05, 4.69) is 17.2 Å². The Morgan fingerprint density at radius 2 is 1.85 bits per heavy atom. The second kappa shape index (κ2) is 8.17. The van der Waals surface area contributed by atoms with Crippen molar-refractivity contribution in [3.05, 3.63) is 58.0 Å². The zero-order valence-corrected chi connectivity index (χ0v) is 15.4. The Morgan fingerprint density at radius 1 is 1.15 bits per heavy atom. The fraction of sp³-hybridized carbons (Fsp3) is 0.450. The Bertz CT molecular complexity index is 806. The monoisotopic (exact) mass is 355 g/mol. The van der Waals surface area contributed by atoms with E-state index >= 15 is 0 Å². The number of aromatic nitrogens is 2. The minimum absolute atomic E-state index is 0.0887. The van der Waals surface area contributed by atoms with Gasteiger partial charge in [0, 0.05) is 26.2 Å². The van der Waals surface area contributed by atoms with Gasteiger partial charge in [-0.05, 0) is 55.4 Å².